The van der Waals surface area contributed by atoms with Crippen molar-refractivity contribution in [2.24, 2.45) is 11.3 Å². The summed E-state index contributed by atoms with van der Waals surface area (Å²) in [6.07, 6.45) is 10.7. The molecule has 1 saturated heterocycles. The van der Waals surface area contributed by atoms with E-state index in [1.165, 1.54) is 6.42 Å². The van der Waals surface area contributed by atoms with E-state index in [9.17, 15) is 9.59 Å². The molecular weight excluding hydrogens is 416 g/mol. The summed E-state index contributed by atoms with van der Waals surface area (Å²) in [6.45, 7) is 4.01. The molecule has 1 aromatic rings. The number of nitrogens with zero attached hydrogens (tertiary/aromatic N) is 2. The average molecular weight is 457 g/mol. The number of rotatable bonds is 3. The first-order chi connectivity index (χ1) is 16.1. The van der Waals surface area contributed by atoms with Gasteiger partial charge in [-0.3, -0.25) is 9.59 Å². The van der Waals surface area contributed by atoms with Crippen LogP contribution in [0.2, 0.25) is 0 Å². The summed E-state index contributed by atoms with van der Waals surface area (Å²) in [4.78, 5) is 30.6. The van der Waals surface area contributed by atoms with Gasteiger partial charge in [0.05, 0.1) is 18.7 Å². The third-order valence-corrected chi connectivity index (χ3v) is 7.95. The quantitative estimate of drug-likeness (QED) is 0.671. The Bertz CT molecular complexity index is 797. The summed E-state index contributed by atoms with van der Waals surface area (Å²) in [7, 11) is 1.78. The molecule has 6 heteroatoms. The van der Waals surface area contributed by atoms with Gasteiger partial charge in [0, 0.05) is 32.7 Å². The molecule has 0 atom stereocenters. The highest BCUT2D eigenvalue weighted by molar-refractivity contribution is 5.97. The Morgan fingerprint density at radius 1 is 1.00 bits per heavy atom. The maximum atomic E-state index is 13.3. The molecule has 1 aliphatic carbocycles. The zero-order chi connectivity index (χ0) is 23.1. The summed E-state index contributed by atoms with van der Waals surface area (Å²) in [5.74, 6) is 1.13. The van der Waals surface area contributed by atoms with Crippen molar-refractivity contribution >= 4 is 11.8 Å². The van der Waals surface area contributed by atoms with E-state index in [0.29, 0.717) is 30.4 Å². The van der Waals surface area contributed by atoms with E-state index in [1.54, 1.807) is 7.11 Å². The Balaban J connectivity index is 1.53. The van der Waals surface area contributed by atoms with Gasteiger partial charge in [0.1, 0.15) is 12.4 Å². The van der Waals surface area contributed by atoms with Crippen LogP contribution in [-0.4, -0.2) is 68.1 Å². The molecule has 5 rings (SSSR count). The van der Waals surface area contributed by atoms with Crippen LogP contribution in [0.4, 0.5) is 0 Å². The molecule has 182 valence electrons. The number of para-hydroxylation sites is 1. The predicted octanol–water partition coefficient (Wildman–Crippen LogP) is 4.53. The Kier molecular flexibility index (Phi) is 8.29. The maximum absolute atomic E-state index is 13.3. The van der Waals surface area contributed by atoms with Gasteiger partial charge in [-0.05, 0) is 56.1 Å². The maximum Gasteiger partial charge on any atom is 0.257 e. The van der Waals surface area contributed by atoms with Gasteiger partial charge in [-0.1, -0.05) is 37.8 Å². The van der Waals surface area contributed by atoms with Crippen molar-refractivity contribution in [1.82, 2.24) is 9.80 Å². The Hall–Kier alpha value is -2.08. The van der Waals surface area contributed by atoms with Crippen LogP contribution in [0.3, 0.4) is 0 Å². The van der Waals surface area contributed by atoms with Gasteiger partial charge >= 0.3 is 0 Å². The monoisotopic (exact) mass is 456 g/mol. The van der Waals surface area contributed by atoms with Crippen LogP contribution in [0.15, 0.2) is 24.3 Å². The lowest BCUT2D eigenvalue weighted by Crippen LogP contribution is -2.45. The molecule has 0 spiro atoms. The largest absolute Gasteiger partial charge is 0.491 e. The minimum atomic E-state index is 0.0432. The van der Waals surface area contributed by atoms with Gasteiger partial charge < -0.3 is 19.3 Å². The summed E-state index contributed by atoms with van der Waals surface area (Å²) in [5.41, 5.74) is 0.747. The van der Waals surface area contributed by atoms with Gasteiger partial charge in [-0.25, -0.2) is 0 Å². The molecule has 2 amide bonds. The van der Waals surface area contributed by atoms with Crippen molar-refractivity contribution in [1.29, 1.82) is 0 Å². The fourth-order valence-corrected chi connectivity index (χ4v) is 5.90. The molecule has 0 aromatic heterocycles. The molecule has 2 fully saturated rings. The Morgan fingerprint density at radius 2 is 1.76 bits per heavy atom. The zero-order valence-corrected chi connectivity index (χ0v) is 20.2. The molecule has 0 radical (unpaired) electrons. The Morgan fingerprint density at radius 3 is 2.52 bits per heavy atom. The molecule has 33 heavy (non-hydrogen) atoms. The molecular formula is C27H40N2O4. The number of amides is 2. The van der Waals surface area contributed by atoms with Crippen molar-refractivity contribution in [2.75, 3.05) is 46.5 Å². The minimum absolute atomic E-state index is 0.0432. The van der Waals surface area contributed by atoms with Crippen molar-refractivity contribution in [3.63, 3.8) is 0 Å². The van der Waals surface area contributed by atoms with Crippen LogP contribution in [0.1, 0.15) is 74.6 Å². The van der Waals surface area contributed by atoms with Crippen molar-refractivity contribution in [3.8, 4) is 5.75 Å². The average Bonchev–Trinajstić information content (AvgIpc) is 2.86. The number of hydrogen-bond donors (Lipinski definition) is 0. The number of methoxy groups -OCH3 is 1. The molecule has 0 unspecified atom stereocenters. The third kappa shape index (κ3) is 5.89. The lowest BCUT2D eigenvalue weighted by molar-refractivity contribution is -0.137. The van der Waals surface area contributed by atoms with Gasteiger partial charge in [-0.15, -0.1) is 0 Å². The second-order valence-corrected chi connectivity index (χ2v) is 10.2. The second-order valence-electron chi connectivity index (χ2n) is 10.2. The second kappa shape index (κ2) is 11.4. The number of carbonyl (C=O) groups excluding carboxylic acids is 2. The fraction of sp³-hybridized carbons (Fsp3) is 0.704. The number of fused-ring (bicyclic) bond motifs is 9. The summed E-state index contributed by atoms with van der Waals surface area (Å²) in [5, 5.41) is 0. The van der Waals surface area contributed by atoms with Crippen LogP contribution < -0.4 is 4.74 Å². The zero-order valence-electron chi connectivity index (χ0n) is 20.2. The van der Waals surface area contributed by atoms with Crippen LogP contribution in [0, 0.1) is 11.3 Å². The normalized spacial score (nSPS) is 22.8. The predicted molar refractivity (Wildman–Crippen MR) is 128 cm³/mol. The van der Waals surface area contributed by atoms with E-state index in [-0.39, 0.29) is 17.2 Å². The van der Waals surface area contributed by atoms with Crippen LogP contribution in [-0.2, 0) is 9.53 Å². The van der Waals surface area contributed by atoms with E-state index in [0.717, 1.165) is 84.0 Å². The van der Waals surface area contributed by atoms with E-state index >= 15 is 0 Å². The summed E-state index contributed by atoms with van der Waals surface area (Å²) < 4.78 is 11.7. The Labute approximate surface area is 198 Å². The van der Waals surface area contributed by atoms with Crippen molar-refractivity contribution in [3.05, 3.63) is 29.8 Å². The minimum Gasteiger partial charge on any atom is -0.491 e. The number of ether oxygens (including phenoxy) is 2. The number of piperidine rings is 1. The smallest absolute Gasteiger partial charge is 0.257 e. The molecule has 1 saturated carbocycles. The standard InChI is InChI=1S/C27H40N2O4/c1-32-21-27-13-7-8-16-28(25(30)22-9-3-2-4-10-22)19-20-33-24-12-6-5-11-23(24)26(31)29(17-14-27)18-15-27/h5-6,11-12,22H,2-4,7-10,13-21H2,1H3. The molecule has 6 nitrogen and oxygen atoms in total. The first kappa shape index (κ1) is 24.1. The van der Waals surface area contributed by atoms with Crippen molar-refractivity contribution < 1.29 is 19.1 Å². The van der Waals surface area contributed by atoms with E-state index in [1.807, 2.05) is 34.1 Å². The summed E-state index contributed by atoms with van der Waals surface area (Å²) >= 11 is 0. The highest BCUT2D eigenvalue weighted by Crippen LogP contribution is 2.38. The first-order valence-corrected chi connectivity index (χ1v) is 12.9. The number of benzene rings is 1. The lowest BCUT2D eigenvalue weighted by Gasteiger charge is -2.42. The molecule has 3 aliphatic heterocycles. The highest BCUT2D eigenvalue weighted by Gasteiger charge is 2.36. The van der Waals surface area contributed by atoms with Gasteiger partial charge in [-0.2, -0.15) is 0 Å². The number of hydrogen-bond acceptors (Lipinski definition) is 4. The SMILES string of the molecule is COCC12CCCCN(C(=O)C3CCCCC3)CCOc3ccccc3C(=O)N(CC1)CC2. The van der Waals surface area contributed by atoms with Crippen LogP contribution in [0.5, 0.6) is 5.75 Å². The molecule has 4 aliphatic rings. The van der Waals surface area contributed by atoms with Crippen LogP contribution >= 0.6 is 0 Å². The van der Waals surface area contributed by atoms with Gasteiger partial charge in [0.15, 0.2) is 0 Å². The third-order valence-electron chi connectivity index (χ3n) is 7.95. The van der Waals surface area contributed by atoms with E-state index < -0.39 is 0 Å². The van der Waals surface area contributed by atoms with Gasteiger partial charge in [0.2, 0.25) is 5.91 Å². The number of carbonyl (C=O) groups is 2. The topological polar surface area (TPSA) is 59.1 Å². The molecule has 1 aromatic carbocycles. The van der Waals surface area contributed by atoms with Crippen LogP contribution in [0.25, 0.3) is 0 Å². The summed E-state index contributed by atoms with van der Waals surface area (Å²) in [6, 6.07) is 7.53. The molecule has 0 N–H and O–H groups in total. The van der Waals surface area contributed by atoms with E-state index in [2.05, 4.69) is 0 Å². The first-order valence-electron chi connectivity index (χ1n) is 12.9. The molecule has 2 bridgehead atoms. The van der Waals surface area contributed by atoms with Crippen molar-refractivity contribution in [2.45, 2.75) is 64.2 Å². The highest BCUT2D eigenvalue weighted by atomic mass is 16.5. The van der Waals surface area contributed by atoms with E-state index in [4.69, 9.17) is 9.47 Å². The fourth-order valence-electron chi connectivity index (χ4n) is 5.90. The van der Waals surface area contributed by atoms with Gasteiger partial charge in [0.25, 0.3) is 5.91 Å². The molecule has 3 heterocycles. The lowest BCUT2D eigenvalue weighted by atomic mass is 9.75.